The Kier molecular flexibility index (Phi) is 5.37. The van der Waals surface area contributed by atoms with E-state index in [1.54, 1.807) is 20.1 Å². The predicted octanol–water partition coefficient (Wildman–Crippen LogP) is 1.83. The lowest BCUT2D eigenvalue weighted by Crippen LogP contribution is -2.03. The summed E-state index contributed by atoms with van der Waals surface area (Å²) in [7, 11) is 1.65. The van der Waals surface area contributed by atoms with Crippen LogP contribution in [0.15, 0.2) is 11.6 Å². The third-order valence-corrected chi connectivity index (χ3v) is 1.76. The molecule has 0 saturated heterocycles. The first-order valence-corrected chi connectivity index (χ1v) is 4.00. The Bertz CT molecular complexity index is 173. The molecule has 70 valence electrons. The highest BCUT2D eigenvalue weighted by Crippen LogP contribution is 2.03. The minimum Gasteiger partial charge on any atom is -0.478 e. The van der Waals surface area contributed by atoms with Crippen LogP contribution in [0, 0.1) is 0 Å². The fraction of sp³-hybridized carbons (Fsp3) is 0.667. The number of ether oxygens (including phenoxy) is 1. The lowest BCUT2D eigenvalue weighted by molar-refractivity contribution is -0.132. The monoisotopic (exact) mass is 172 g/mol. The molecule has 1 N–H and O–H groups in total. The van der Waals surface area contributed by atoms with Gasteiger partial charge < -0.3 is 9.84 Å². The molecule has 1 unspecified atom stereocenters. The van der Waals surface area contributed by atoms with Crippen LogP contribution in [0.5, 0.6) is 0 Å². The minimum atomic E-state index is -0.847. The Labute approximate surface area is 73.0 Å². The van der Waals surface area contributed by atoms with E-state index in [2.05, 4.69) is 0 Å². The van der Waals surface area contributed by atoms with E-state index in [0.717, 1.165) is 12.8 Å². The minimum absolute atomic E-state index is 0.197. The molecule has 3 nitrogen and oxygen atoms in total. The van der Waals surface area contributed by atoms with Crippen molar-refractivity contribution < 1.29 is 14.6 Å². The van der Waals surface area contributed by atoms with Gasteiger partial charge in [-0.1, -0.05) is 6.08 Å². The van der Waals surface area contributed by atoms with Crippen LogP contribution in [-0.4, -0.2) is 24.3 Å². The van der Waals surface area contributed by atoms with Crippen molar-refractivity contribution in [3.05, 3.63) is 11.6 Å². The van der Waals surface area contributed by atoms with Gasteiger partial charge in [0.05, 0.1) is 6.10 Å². The van der Waals surface area contributed by atoms with E-state index >= 15 is 0 Å². The van der Waals surface area contributed by atoms with Crippen molar-refractivity contribution in [3.8, 4) is 0 Å². The second-order valence-corrected chi connectivity index (χ2v) is 2.82. The molecule has 3 heteroatoms. The molecular weight excluding hydrogens is 156 g/mol. The fourth-order valence-corrected chi connectivity index (χ4v) is 0.740. The van der Waals surface area contributed by atoms with Crippen molar-refractivity contribution in [1.29, 1.82) is 0 Å². The molecule has 0 aliphatic carbocycles. The van der Waals surface area contributed by atoms with Crippen molar-refractivity contribution >= 4 is 5.97 Å². The van der Waals surface area contributed by atoms with Gasteiger partial charge in [0, 0.05) is 12.7 Å². The van der Waals surface area contributed by atoms with Crippen molar-refractivity contribution in [1.82, 2.24) is 0 Å². The van der Waals surface area contributed by atoms with E-state index in [1.165, 1.54) is 0 Å². The largest absolute Gasteiger partial charge is 0.478 e. The van der Waals surface area contributed by atoms with E-state index in [-0.39, 0.29) is 6.10 Å². The molecule has 12 heavy (non-hydrogen) atoms. The van der Waals surface area contributed by atoms with Crippen molar-refractivity contribution in [2.75, 3.05) is 7.11 Å². The zero-order chi connectivity index (χ0) is 9.56. The highest BCUT2D eigenvalue weighted by Gasteiger charge is 2.00. The van der Waals surface area contributed by atoms with Gasteiger partial charge in [-0.3, -0.25) is 0 Å². The Morgan fingerprint density at radius 1 is 1.67 bits per heavy atom. The van der Waals surface area contributed by atoms with Crippen molar-refractivity contribution in [2.45, 2.75) is 32.8 Å². The summed E-state index contributed by atoms with van der Waals surface area (Å²) in [5.41, 5.74) is 0.401. The summed E-state index contributed by atoms with van der Waals surface area (Å²) in [6, 6.07) is 0. The first kappa shape index (κ1) is 11.2. The standard InChI is InChI=1S/C9H16O3/c1-7(9(10)11)5-4-6-8(2)12-3/h5,8H,4,6H2,1-3H3,(H,10,11). The number of aliphatic carboxylic acids is 1. The smallest absolute Gasteiger partial charge is 0.330 e. The zero-order valence-corrected chi connectivity index (χ0v) is 7.83. The zero-order valence-electron chi connectivity index (χ0n) is 7.83. The summed E-state index contributed by atoms with van der Waals surface area (Å²) in [5.74, 6) is -0.847. The molecule has 0 radical (unpaired) electrons. The molecule has 0 spiro atoms. The number of rotatable bonds is 5. The fourth-order valence-electron chi connectivity index (χ4n) is 0.740. The van der Waals surface area contributed by atoms with Gasteiger partial charge >= 0.3 is 5.97 Å². The summed E-state index contributed by atoms with van der Waals surface area (Å²) >= 11 is 0. The van der Waals surface area contributed by atoms with Crippen molar-refractivity contribution in [3.63, 3.8) is 0 Å². The van der Waals surface area contributed by atoms with Crippen LogP contribution < -0.4 is 0 Å². The third-order valence-electron chi connectivity index (χ3n) is 1.76. The third kappa shape index (κ3) is 4.91. The van der Waals surface area contributed by atoms with Gasteiger partial charge in [0.2, 0.25) is 0 Å². The van der Waals surface area contributed by atoms with E-state index in [0.29, 0.717) is 5.57 Å². The summed E-state index contributed by atoms with van der Waals surface area (Å²) in [4.78, 5) is 10.3. The predicted molar refractivity (Wildman–Crippen MR) is 47.1 cm³/mol. The normalized spacial score (nSPS) is 14.4. The number of carbonyl (C=O) groups is 1. The van der Waals surface area contributed by atoms with Crippen LogP contribution in [0.4, 0.5) is 0 Å². The Morgan fingerprint density at radius 2 is 2.25 bits per heavy atom. The van der Waals surface area contributed by atoms with E-state index in [1.807, 2.05) is 6.92 Å². The van der Waals surface area contributed by atoms with Gasteiger partial charge in [-0.15, -0.1) is 0 Å². The number of allylic oxidation sites excluding steroid dienone is 1. The average molecular weight is 172 g/mol. The lowest BCUT2D eigenvalue weighted by Gasteiger charge is -2.06. The SMILES string of the molecule is COC(C)CCC=C(C)C(=O)O. The van der Waals surface area contributed by atoms with E-state index in [9.17, 15) is 4.79 Å². The average Bonchev–Trinajstić information content (AvgIpc) is 2.03. The first-order valence-electron chi connectivity index (χ1n) is 4.00. The molecule has 0 heterocycles. The second kappa shape index (κ2) is 5.77. The maximum Gasteiger partial charge on any atom is 0.330 e. The lowest BCUT2D eigenvalue weighted by atomic mass is 10.1. The summed E-state index contributed by atoms with van der Waals surface area (Å²) in [6.07, 6.45) is 3.54. The molecule has 0 amide bonds. The number of hydrogen-bond acceptors (Lipinski definition) is 2. The van der Waals surface area contributed by atoms with Crippen LogP contribution >= 0.6 is 0 Å². The number of hydrogen-bond donors (Lipinski definition) is 1. The van der Waals surface area contributed by atoms with E-state index < -0.39 is 5.97 Å². The molecule has 0 aliphatic heterocycles. The van der Waals surface area contributed by atoms with Crippen LogP contribution in [-0.2, 0) is 9.53 Å². The van der Waals surface area contributed by atoms with Gasteiger partial charge in [-0.2, -0.15) is 0 Å². The molecule has 0 aromatic carbocycles. The quantitative estimate of drug-likeness (QED) is 0.643. The molecular formula is C9H16O3. The first-order chi connectivity index (χ1) is 5.57. The Hall–Kier alpha value is -0.830. The van der Waals surface area contributed by atoms with Gasteiger partial charge in [0.1, 0.15) is 0 Å². The van der Waals surface area contributed by atoms with Gasteiger partial charge in [0.15, 0.2) is 0 Å². The molecule has 0 aliphatic rings. The van der Waals surface area contributed by atoms with Crippen LogP contribution in [0.3, 0.4) is 0 Å². The second-order valence-electron chi connectivity index (χ2n) is 2.82. The molecule has 0 bridgehead atoms. The number of methoxy groups -OCH3 is 1. The van der Waals surface area contributed by atoms with E-state index in [4.69, 9.17) is 9.84 Å². The van der Waals surface area contributed by atoms with Crippen LogP contribution in [0.1, 0.15) is 26.7 Å². The molecule has 0 fully saturated rings. The molecule has 0 saturated carbocycles. The van der Waals surface area contributed by atoms with Gasteiger partial charge in [-0.05, 0) is 26.7 Å². The summed E-state index contributed by atoms with van der Waals surface area (Å²) < 4.78 is 5.02. The highest BCUT2D eigenvalue weighted by atomic mass is 16.5. The Morgan fingerprint density at radius 3 is 2.67 bits per heavy atom. The van der Waals surface area contributed by atoms with Crippen molar-refractivity contribution in [2.24, 2.45) is 0 Å². The molecule has 0 rings (SSSR count). The number of carboxylic acids is 1. The van der Waals surface area contributed by atoms with Crippen LogP contribution in [0.2, 0.25) is 0 Å². The molecule has 0 aromatic heterocycles. The van der Waals surface area contributed by atoms with Gasteiger partial charge in [0.25, 0.3) is 0 Å². The van der Waals surface area contributed by atoms with Crippen LogP contribution in [0.25, 0.3) is 0 Å². The Balaban J connectivity index is 3.67. The number of carboxylic acid groups (broad SMARTS) is 1. The highest BCUT2D eigenvalue weighted by molar-refractivity contribution is 5.85. The maximum atomic E-state index is 10.3. The topological polar surface area (TPSA) is 46.5 Å². The van der Waals surface area contributed by atoms with Gasteiger partial charge in [-0.25, -0.2) is 4.79 Å². The summed E-state index contributed by atoms with van der Waals surface area (Å²) in [6.45, 7) is 3.56. The maximum absolute atomic E-state index is 10.3. The molecule has 1 atom stereocenters. The summed E-state index contributed by atoms with van der Waals surface area (Å²) in [5, 5.41) is 8.50. The molecule has 0 aromatic rings.